The molecule has 0 unspecified atom stereocenters. The fourth-order valence-corrected chi connectivity index (χ4v) is 3.87. The zero-order valence-corrected chi connectivity index (χ0v) is 14.0. The standard InChI is InChI=1S/C16H18FN3O3S/c1-2-24(22,23)15-9-19(10-15)16(21)11-20-8-13(7-18-20)12-3-5-14(17)6-4-12/h3-8,15H,2,9-11H2,1H3. The van der Waals surface area contributed by atoms with E-state index in [9.17, 15) is 17.6 Å². The Morgan fingerprint density at radius 3 is 2.54 bits per heavy atom. The van der Waals surface area contributed by atoms with Crippen LogP contribution in [0.15, 0.2) is 36.7 Å². The lowest BCUT2D eigenvalue weighted by molar-refractivity contribution is -0.135. The van der Waals surface area contributed by atoms with Crippen LogP contribution in [0.5, 0.6) is 0 Å². The van der Waals surface area contributed by atoms with Crippen LogP contribution in [0.3, 0.4) is 0 Å². The van der Waals surface area contributed by atoms with E-state index in [0.717, 1.165) is 11.1 Å². The van der Waals surface area contributed by atoms with E-state index >= 15 is 0 Å². The number of hydrogen-bond donors (Lipinski definition) is 0. The van der Waals surface area contributed by atoms with Crippen molar-refractivity contribution in [1.29, 1.82) is 0 Å². The minimum Gasteiger partial charge on any atom is -0.338 e. The molecule has 0 saturated carbocycles. The van der Waals surface area contributed by atoms with Gasteiger partial charge in [-0.05, 0) is 17.7 Å². The van der Waals surface area contributed by atoms with Crippen molar-refractivity contribution in [2.75, 3.05) is 18.8 Å². The van der Waals surface area contributed by atoms with Gasteiger partial charge in [0.15, 0.2) is 9.84 Å². The smallest absolute Gasteiger partial charge is 0.244 e. The summed E-state index contributed by atoms with van der Waals surface area (Å²) in [6.45, 7) is 2.17. The Balaban J connectivity index is 1.60. The number of hydrogen-bond acceptors (Lipinski definition) is 4. The maximum Gasteiger partial charge on any atom is 0.244 e. The van der Waals surface area contributed by atoms with Crippen LogP contribution in [-0.4, -0.2) is 53.1 Å². The number of amides is 1. The fraction of sp³-hybridized carbons (Fsp3) is 0.375. The number of benzene rings is 1. The SMILES string of the molecule is CCS(=O)(=O)C1CN(C(=O)Cn2cc(-c3ccc(F)cc3)cn2)C1. The molecule has 0 bridgehead atoms. The maximum absolute atomic E-state index is 12.9. The lowest BCUT2D eigenvalue weighted by Gasteiger charge is -2.38. The molecule has 2 aromatic rings. The molecule has 0 spiro atoms. The first-order valence-corrected chi connectivity index (χ1v) is 9.38. The molecule has 1 fully saturated rings. The maximum atomic E-state index is 12.9. The topological polar surface area (TPSA) is 72.3 Å². The van der Waals surface area contributed by atoms with E-state index in [0.29, 0.717) is 0 Å². The Bertz CT molecular complexity index is 840. The van der Waals surface area contributed by atoms with E-state index in [-0.39, 0.29) is 37.1 Å². The van der Waals surface area contributed by atoms with Gasteiger partial charge in [0, 0.05) is 30.6 Å². The minimum atomic E-state index is -3.08. The molecular formula is C16H18FN3O3S. The third kappa shape index (κ3) is 3.33. The molecule has 1 aromatic heterocycles. The summed E-state index contributed by atoms with van der Waals surface area (Å²) in [5.74, 6) is -0.373. The van der Waals surface area contributed by atoms with Gasteiger partial charge >= 0.3 is 0 Å². The van der Waals surface area contributed by atoms with Gasteiger partial charge in [-0.3, -0.25) is 9.48 Å². The summed E-state index contributed by atoms with van der Waals surface area (Å²) in [4.78, 5) is 13.7. The van der Waals surface area contributed by atoms with Crippen molar-refractivity contribution >= 4 is 15.7 Å². The van der Waals surface area contributed by atoms with Gasteiger partial charge in [-0.15, -0.1) is 0 Å². The van der Waals surface area contributed by atoms with Crippen molar-refractivity contribution in [3.8, 4) is 11.1 Å². The summed E-state index contributed by atoms with van der Waals surface area (Å²) in [5, 5.41) is 3.69. The Morgan fingerprint density at radius 1 is 1.25 bits per heavy atom. The lowest BCUT2D eigenvalue weighted by Crippen LogP contribution is -2.57. The molecule has 1 amide bonds. The van der Waals surface area contributed by atoms with Crippen molar-refractivity contribution in [3.63, 3.8) is 0 Å². The van der Waals surface area contributed by atoms with Crippen molar-refractivity contribution in [3.05, 3.63) is 42.5 Å². The molecule has 0 atom stereocenters. The Kier molecular flexibility index (Phi) is 4.40. The van der Waals surface area contributed by atoms with E-state index in [1.54, 1.807) is 31.5 Å². The predicted octanol–water partition coefficient (Wildman–Crippen LogP) is 1.33. The van der Waals surface area contributed by atoms with Gasteiger partial charge in [0.05, 0.1) is 11.4 Å². The molecular weight excluding hydrogens is 333 g/mol. The number of likely N-dealkylation sites (tertiary alicyclic amines) is 1. The lowest BCUT2D eigenvalue weighted by atomic mass is 10.1. The number of halogens is 1. The van der Waals surface area contributed by atoms with Gasteiger partial charge in [-0.1, -0.05) is 19.1 Å². The highest BCUT2D eigenvalue weighted by Crippen LogP contribution is 2.20. The summed E-state index contributed by atoms with van der Waals surface area (Å²) in [5.41, 5.74) is 1.60. The van der Waals surface area contributed by atoms with Crippen molar-refractivity contribution in [2.24, 2.45) is 0 Å². The van der Waals surface area contributed by atoms with Crippen molar-refractivity contribution < 1.29 is 17.6 Å². The molecule has 0 aliphatic carbocycles. The number of sulfone groups is 1. The van der Waals surface area contributed by atoms with Crippen LogP contribution < -0.4 is 0 Å². The third-order valence-corrected chi connectivity index (χ3v) is 6.34. The highest BCUT2D eigenvalue weighted by molar-refractivity contribution is 7.92. The second-order valence-corrected chi connectivity index (χ2v) is 8.38. The predicted molar refractivity (Wildman–Crippen MR) is 87.4 cm³/mol. The molecule has 0 N–H and O–H groups in total. The molecule has 1 aromatic carbocycles. The zero-order chi connectivity index (χ0) is 17.3. The van der Waals surface area contributed by atoms with E-state index in [4.69, 9.17) is 0 Å². The van der Waals surface area contributed by atoms with Gasteiger partial charge in [0.2, 0.25) is 5.91 Å². The van der Waals surface area contributed by atoms with Crippen LogP contribution in [0.25, 0.3) is 11.1 Å². The number of rotatable bonds is 5. The molecule has 3 rings (SSSR count). The minimum absolute atomic E-state index is 0.0556. The normalized spacial score (nSPS) is 15.3. The highest BCUT2D eigenvalue weighted by atomic mass is 32.2. The second-order valence-electron chi connectivity index (χ2n) is 5.81. The summed E-state index contributed by atoms with van der Waals surface area (Å²) in [6.07, 6.45) is 3.33. The molecule has 1 aliphatic rings. The van der Waals surface area contributed by atoms with E-state index < -0.39 is 15.1 Å². The molecule has 0 radical (unpaired) electrons. The Labute approximate surface area is 139 Å². The van der Waals surface area contributed by atoms with Crippen molar-refractivity contribution in [2.45, 2.75) is 18.7 Å². The summed E-state index contributed by atoms with van der Waals surface area (Å²) < 4.78 is 37.9. The average Bonchev–Trinajstić information content (AvgIpc) is 2.94. The van der Waals surface area contributed by atoms with Gasteiger partial charge in [-0.2, -0.15) is 5.10 Å². The number of aromatic nitrogens is 2. The highest BCUT2D eigenvalue weighted by Gasteiger charge is 2.38. The first-order valence-electron chi connectivity index (χ1n) is 7.67. The van der Waals surface area contributed by atoms with Crippen LogP contribution in [0.1, 0.15) is 6.92 Å². The second kappa shape index (κ2) is 6.35. The Morgan fingerprint density at radius 2 is 1.92 bits per heavy atom. The quantitative estimate of drug-likeness (QED) is 0.815. The fourth-order valence-electron chi connectivity index (χ4n) is 2.58. The molecule has 24 heavy (non-hydrogen) atoms. The summed E-state index contributed by atoms with van der Waals surface area (Å²) in [7, 11) is -3.08. The van der Waals surface area contributed by atoms with E-state index in [2.05, 4.69) is 5.10 Å². The molecule has 1 aliphatic heterocycles. The van der Waals surface area contributed by atoms with Gasteiger partial charge in [0.1, 0.15) is 12.4 Å². The largest absolute Gasteiger partial charge is 0.338 e. The monoisotopic (exact) mass is 351 g/mol. The first-order chi connectivity index (χ1) is 11.4. The van der Waals surface area contributed by atoms with Gasteiger partial charge in [0.25, 0.3) is 0 Å². The molecule has 8 heteroatoms. The van der Waals surface area contributed by atoms with Crippen LogP contribution in [0.4, 0.5) is 4.39 Å². The first kappa shape index (κ1) is 16.6. The summed E-state index contributed by atoms with van der Waals surface area (Å²) >= 11 is 0. The number of nitrogens with zero attached hydrogens (tertiary/aromatic N) is 3. The van der Waals surface area contributed by atoms with Gasteiger partial charge < -0.3 is 4.90 Å². The zero-order valence-electron chi connectivity index (χ0n) is 13.2. The van der Waals surface area contributed by atoms with Gasteiger partial charge in [-0.25, -0.2) is 12.8 Å². The van der Waals surface area contributed by atoms with Crippen LogP contribution in [-0.2, 0) is 21.2 Å². The molecule has 2 heterocycles. The third-order valence-electron chi connectivity index (χ3n) is 4.22. The van der Waals surface area contributed by atoms with Crippen LogP contribution >= 0.6 is 0 Å². The van der Waals surface area contributed by atoms with E-state index in [1.165, 1.54) is 21.7 Å². The van der Waals surface area contributed by atoms with Crippen LogP contribution in [0.2, 0.25) is 0 Å². The van der Waals surface area contributed by atoms with Crippen LogP contribution in [0, 0.1) is 5.82 Å². The average molecular weight is 351 g/mol. The Hall–Kier alpha value is -2.22. The molecule has 128 valence electrons. The van der Waals surface area contributed by atoms with Crippen molar-refractivity contribution in [1.82, 2.24) is 14.7 Å². The molecule has 6 nitrogen and oxygen atoms in total. The molecule has 1 saturated heterocycles. The summed E-state index contributed by atoms with van der Waals surface area (Å²) in [6, 6.07) is 6.03. The van der Waals surface area contributed by atoms with E-state index in [1.807, 2.05) is 0 Å². The number of carbonyl (C=O) groups excluding carboxylic acids is 1. The number of carbonyl (C=O) groups is 1.